The Morgan fingerprint density at radius 2 is 0.453 bits per heavy atom. The molecule has 0 saturated heterocycles. The zero-order valence-electron chi connectivity index (χ0n) is 39.4. The average Bonchev–Trinajstić information content (AvgIpc) is 3.78. The standard InChI is InChI=1S/C11H18.2C8H16.C6H12.2C5H10.C4H8.3C2H6/c1-11-5-8-2-9(6-11)4-10(3-8)7-11;1-8-6-4-2-3-5-7-8;1-2-4-6-8-7-5-3-1;1-2-4-6-5-3-1;1-5-3-2-4-5;1-2-4-5-3-1;1-4-2-3-4;3*1-2/h8-10H,2-7H2,1H3;8H,2-7H2,1H3;1-8H2;1-6H2;5H,2-4H2,1H3;1-5H2;4H,2-3H2,1H3;3*1-2H3. The van der Waals surface area contributed by atoms with Gasteiger partial charge in [0.15, 0.2) is 0 Å². The van der Waals surface area contributed by atoms with Gasteiger partial charge in [-0.3, -0.25) is 0 Å². The molecule has 0 spiro atoms. The predicted octanol–water partition coefficient (Wildman–Crippen LogP) is 19.9. The van der Waals surface area contributed by atoms with Crippen molar-refractivity contribution in [3.05, 3.63) is 0 Å². The lowest BCUT2D eigenvalue weighted by atomic mass is 9.50. The Kier molecular flexibility index (Phi) is 37.6. The fraction of sp³-hybridized carbons (Fsp3) is 1.00. The van der Waals surface area contributed by atoms with Crippen molar-refractivity contribution < 1.29 is 0 Å². The molecule has 0 N–H and O–H groups in total. The lowest BCUT2D eigenvalue weighted by Crippen LogP contribution is -2.44. The van der Waals surface area contributed by atoms with Crippen LogP contribution in [0.15, 0.2) is 0 Å². The maximum absolute atomic E-state index is 2.54. The Hall–Kier alpha value is 0. The number of hydrogen-bond acceptors (Lipinski definition) is 0. The Labute approximate surface area is 340 Å². The second kappa shape index (κ2) is 37.6. The van der Waals surface area contributed by atoms with E-state index in [1.165, 1.54) is 193 Å². The monoisotopic (exact) mass is 745 g/mol. The highest BCUT2D eigenvalue weighted by molar-refractivity contribution is 4.99. The van der Waals surface area contributed by atoms with E-state index in [0.29, 0.717) is 0 Å². The summed E-state index contributed by atoms with van der Waals surface area (Å²) in [5.41, 5.74) is 0.800. The van der Waals surface area contributed by atoms with Gasteiger partial charge in [-0.2, -0.15) is 0 Å². The minimum atomic E-state index is 0.800. The summed E-state index contributed by atoms with van der Waals surface area (Å²) in [6.45, 7) is 21.5. The van der Waals surface area contributed by atoms with Crippen molar-refractivity contribution in [2.75, 3.05) is 0 Å². The van der Waals surface area contributed by atoms with Crippen molar-refractivity contribution in [3.63, 3.8) is 0 Å². The maximum atomic E-state index is 2.54. The first-order valence-corrected chi connectivity index (χ1v) is 25.9. The molecule has 0 aromatic heterocycles. The minimum Gasteiger partial charge on any atom is -0.0683 e. The van der Waals surface area contributed by atoms with E-state index in [-0.39, 0.29) is 0 Å². The lowest BCUT2D eigenvalue weighted by molar-refractivity contribution is -0.0411. The third kappa shape index (κ3) is 31.7. The van der Waals surface area contributed by atoms with E-state index < -0.39 is 0 Å². The summed E-state index contributed by atoms with van der Waals surface area (Å²) >= 11 is 0. The topological polar surface area (TPSA) is 0 Å². The van der Waals surface area contributed by atoms with E-state index in [1.807, 2.05) is 41.5 Å². The summed E-state index contributed by atoms with van der Waals surface area (Å²) in [4.78, 5) is 0. The zero-order valence-corrected chi connectivity index (χ0v) is 39.4. The van der Waals surface area contributed by atoms with Gasteiger partial charge >= 0.3 is 0 Å². The molecule has 10 fully saturated rings. The molecule has 0 heteroatoms. The van der Waals surface area contributed by atoms with Gasteiger partial charge in [-0.1, -0.05) is 262 Å². The van der Waals surface area contributed by atoms with Gasteiger partial charge in [-0.05, 0) is 79.4 Å². The fourth-order valence-corrected chi connectivity index (χ4v) is 10.2. The second-order valence-corrected chi connectivity index (χ2v) is 19.3. The first-order valence-electron chi connectivity index (χ1n) is 25.9. The molecular formula is C53H108. The summed E-state index contributed by atoms with van der Waals surface area (Å²) in [7, 11) is 0. The van der Waals surface area contributed by atoms with Crippen LogP contribution in [0, 0.1) is 40.9 Å². The lowest BCUT2D eigenvalue weighted by Gasteiger charge is -2.55. The molecule has 0 aliphatic heterocycles. The molecule has 0 unspecified atom stereocenters. The molecule has 10 aliphatic rings. The Balaban J connectivity index is 0.000000594. The van der Waals surface area contributed by atoms with Crippen LogP contribution in [-0.2, 0) is 0 Å². The first kappa shape index (κ1) is 53.0. The van der Waals surface area contributed by atoms with Crippen LogP contribution in [0.25, 0.3) is 0 Å². The van der Waals surface area contributed by atoms with Crippen molar-refractivity contribution in [1.29, 1.82) is 0 Å². The van der Waals surface area contributed by atoms with Crippen LogP contribution in [0.1, 0.15) is 300 Å². The molecule has 0 atom stereocenters. The van der Waals surface area contributed by atoms with Crippen LogP contribution in [0.5, 0.6) is 0 Å². The van der Waals surface area contributed by atoms with Crippen LogP contribution in [-0.4, -0.2) is 0 Å². The summed E-state index contributed by atoms with van der Waals surface area (Å²) in [6.07, 6.45) is 54.3. The van der Waals surface area contributed by atoms with E-state index in [4.69, 9.17) is 0 Å². The van der Waals surface area contributed by atoms with Gasteiger partial charge in [-0.25, -0.2) is 0 Å². The first-order chi connectivity index (χ1) is 25.9. The third-order valence-corrected chi connectivity index (χ3v) is 13.5. The van der Waals surface area contributed by atoms with Crippen molar-refractivity contribution in [2.45, 2.75) is 300 Å². The van der Waals surface area contributed by atoms with Gasteiger partial charge in [0.1, 0.15) is 0 Å². The Bertz CT molecular complexity index is 602. The van der Waals surface area contributed by atoms with Gasteiger partial charge in [0.05, 0.1) is 0 Å². The molecule has 10 aliphatic carbocycles. The van der Waals surface area contributed by atoms with Crippen molar-refractivity contribution in [1.82, 2.24) is 0 Å². The highest BCUT2D eigenvalue weighted by Crippen LogP contribution is 2.59. The average molecular weight is 745 g/mol. The molecule has 0 amide bonds. The number of rotatable bonds is 0. The summed E-state index contributed by atoms with van der Waals surface area (Å²) in [5.74, 6) is 6.61. The molecule has 0 aromatic rings. The summed E-state index contributed by atoms with van der Waals surface area (Å²) in [5, 5.41) is 0. The van der Waals surface area contributed by atoms with Crippen molar-refractivity contribution in [2.24, 2.45) is 40.9 Å². The van der Waals surface area contributed by atoms with Crippen molar-refractivity contribution in [3.8, 4) is 0 Å². The molecule has 53 heavy (non-hydrogen) atoms. The summed E-state index contributed by atoms with van der Waals surface area (Å²) < 4.78 is 0. The largest absolute Gasteiger partial charge is 0.0683 e. The third-order valence-electron chi connectivity index (χ3n) is 13.5. The van der Waals surface area contributed by atoms with E-state index in [9.17, 15) is 0 Å². The Morgan fingerprint density at radius 3 is 0.604 bits per heavy atom. The molecule has 0 radical (unpaired) electrons. The van der Waals surface area contributed by atoms with Gasteiger partial charge in [0.25, 0.3) is 0 Å². The highest BCUT2D eigenvalue weighted by atomic mass is 14.5. The predicted molar refractivity (Wildman–Crippen MR) is 246 cm³/mol. The molecule has 10 rings (SSSR count). The van der Waals surface area contributed by atoms with E-state index >= 15 is 0 Å². The van der Waals surface area contributed by atoms with Gasteiger partial charge < -0.3 is 0 Å². The van der Waals surface area contributed by atoms with Crippen LogP contribution < -0.4 is 0 Å². The van der Waals surface area contributed by atoms with Gasteiger partial charge in [-0.15, -0.1) is 0 Å². The summed E-state index contributed by atoms with van der Waals surface area (Å²) in [6, 6.07) is 0. The highest BCUT2D eigenvalue weighted by Gasteiger charge is 2.48. The second-order valence-electron chi connectivity index (χ2n) is 19.3. The van der Waals surface area contributed by atoms with Crippen LogP contribution in [0.3, 0.4) is 0 Å². The zero-order chi connectivity index (χ0) is 39.4. The molecule has 0 nitrogen and oxygen atoms in total. The van der Waals surface area contributed by atoms with Gasteiger partial charge in [0, 0.05) is 0 Å². The van der Waals surface area contributed by atoms with E-state index in [0.717, 1.165) is 40.9 Å². The SMILES string of the molecule is C1CCCC1.C1CCCCC1.C1CCCCCCC1.CC.CC.CC.CC12CC3CC(CC(C3)C1)C2.CC1CC1.CC1CCC1.CC1CCCCCC1. The molecule has 320 valence electrons. The quantitative estimate of drug-likeness (QED) is 0.217. The van der Waals surface area contributed by atoms with Crippen LogP contribution >= 0.6 is 0 Å². The normalized spacial score (nSPS) is 29.7. The molecule has 0 aromatic carbocycles. The fourth-order valence-electron chi connectivity index (χ4n) is 10.2. The maximum Gasteiger partial charge on any atom is -0.0318 e. The van der Waals surface area contributed by atoms with Crippen molar-refractivity contribution >= 4 is 0 Å². The molecule has 10 saturated carbocycles. The van der Waals surface area contributed by atoms with Crippen LogP contribution in [0.4, 0.5) is 0 Å². The molecular weight excluding hydrogens is 637 g/mol. The van der Waals surface area contributed by atoms with E-state index in [2.05, 4.69) is 27.7 Å². The molecule has 0 heterocycles. The minimum absolute atomic E-state index is 0.800. The Morgan fingerprint density at radius 1 is 0.264 bits per heavy atom. The molecule has 4 bridgehead atoms. The van der Waals surface area contributed by atoms with Gasteiger partial charge in [0.2, 0.25) is 0 Å². The van der Waals surface area contributed by atoms with Crippen LogP contribution in [0.2, 0.25) is 0 Å². The smallest absolute Gasteiger partial charge is 0.0318 e. The number of hydrogen-bond donors (Lipinski definition) is 0. The van der Waals surface area contributed by atoms with E-state index in [1.54, 1.807) is 38.5 Å².